The lowest BCUT2D eigenvalue weighted by Gasteiger charge is -2.07. The van der Waals surface area contributed by atoms with Crippen molar-refractivity contribution in [2.75, 3.05) is 0 Å². The number of aryl methyl sites for hydroxylation is 2. The molecule has 1 N–H and O–H groups in total. The first kappa shape index (κ1) is 12.3. The lowest BCUT2D eigenvalue weighted by molar-refractivity contribution is 0.281. The van der Waals surface area contributed by atoms with Crippen LogP contribution in [0.1, 0.15) is 49.8 Å². The van der Waals surface area contributed by atoms with Gasteiger partial charge in [0.1, 0.15) is 0 Å². The van der Waals surface area contributed by atoms with Gasteiger partial charge in [-0.2, -0.15) is 0 Å². The van der Waals surface area contributed by atoms with Crippen LogP contribution < -0.4 is 0 Å². The molecule has 1 rings (SSSR count). The standard InChI is InChI=1S/C14H22O/c1-3-5-6-7-13-8-12(4-2)9-14(10-13)11-15/h8-10,15H,3-7,11H2,1-2H3. The number of hydrogen-bond acceptors (Lipinski definition) is 1. The average Bonchev–Trinajstić information content (AvgIpc) is 2.29. The maximum absolute atomic E-state index is 9.15. The summed E-state index contributed by atoms with van der Waals surface area (Å²) in [5.74, 6) is 0. The fourth-order valence-corrected chi connectivity index (χ4v) is 1.86. The van der Waals surface area contributed by atoms with Crippen LogP contribution in [0.25, 0.3) is 0 Å². The fraction of sp³-hybridized carbons (Fsp3) is 0.571. The molecule has 0 unspecified atom stereocenters. The predicted octanol–water partition coefficient (Wildman–Crippen LogP) is 3.47. The minimum atomic E-state index is 0.161. The molecule has 15 heavy (non-hydrogen) atoms. The largest absolute Gasteiger partial charge is 0.392 e. The van der Waals surface area contributed by atoms with E-state index in [1.54, 1.807) is 0 Å². The molecule has 0 atom stereocenters. The number of aliphatic hydroxyl groups is 1. The number of hydrogen-bond donors (Lipinski definition) is 1. The summed E-state index contributed by atoms with van der Waals surface area (Å²) in [5.41, 5.74) is 3.78. The number of aliphatic hydroxyl groups excluding tert-OH is 1. The second-order valence-corrected chi connectivity index (χ2v) is 4.13. The van der Waals surface area contributed by atoms with Gasteiger partial charge in [0.05, 0.1) is 6.61 Å². The third-order valence-corrected chi connectivity index (χ3v) is 2.77. The first-order valence-corrected chi connectivity index (χ1v) is 6.02. The second-order valence-electron chi connectivity index (χ2n) is 4.13. The summed E-state index contributed by atoms with van der Waals surface area (Å²) in [7, 11) is 0. The molecule has 0 amide bonds. The van der Waals surface area contributed by atoms with E-state index in [2.05, 4.69) is 32.0 Å². The van der Waals surface area contributed by atoms with E-state index in [4.69, 9.17) is 5.11 Å². The SMILES string of the molecule is CCCCCc1cc(CC)cc(CO)c1. The van der Waals surface area contributed by atoms with Gasteiger partial charge in [0.25, 0.3) is 0 Å². The van der Waals surface area contributed by atoms with Gasteiger partial charge in [-0.1, -0.05) is 44.9 Å². The lowest BCUT2D eigenvalue weighted by Crippen LogP contribution is -1.93. The van der Waals surface area contributed by atoms with Crippen molar-refractivity contribution in [3.05, 3.63) is 34.9 Å². The van der Waals surface area contributed by atoms with Crippen molar-refractivity contribution in [2.24, 2.45) is 0 Å². The van der Waals surface area contributed by atoms with Crippen LogP contribution in [0.2, 0.25) is 0 Å². The van der Waals surface area contributed by atoms with E-state index >= 15 is 0 Å². The van der Waals surface area contributed by atoms with Crippen molar-refractivity contribution in [1.29, 1.82) is 0 Å². The molecule has 0 saturated carbocycles. The van der Waals surface area contributed by atoms with Crippen LogP contribution in [0.5, 0.6) is 0 Å². The highest BCUT2D eigenvalue weighted by Gasteiger charge is 1.99. The Balaban J connectivity index is 2.68. The Kier molecular flexibility index (Phi) is 5.41. The molecule has 0 aliphatic heterocycles. The second kappa shape index (κ2) is 6.62. The molecule has 1 heteroatoms. The zero-order chi connectivity index (χ0) is 11.1. The van der Waals surface area contributed by atoms with Gasteiger partial charge in [-0.3, -0.25) is 0 Å². The Morgan fingerprint density at radius 2 is 1.60 bits per heavy atom. The zero-order valence-corrected chi connectivity index (χ0v) is 9.92. The van der Waals surface area contributed by atoms with Gasteiger partial charge in [0.15, 0.2) is 0 Å². The number of unbranched alkanes of at least 4 members (excludes halogenated alkanes) is 2. The summed E-state index contributed by atoms with van der Waals surface area (Å²) in [6.45, 7) is 4.54. The Hall–Kier alpha value is -0.820. The van der Waals surface area contributed by atoms with Gasteiger partial charge in [0, 0.05) is 0 Å². The van der Waals surface area contributed by atoms with Gasteiger partial charge >= 0.3 is 0 Å². The van der Waals surface area contributed by atoms with Gasteiger partial charge in [-0.15, -0.1) is 0 Å². The van der Waals surface area contributed by atoms with E-state index < -0.39 is 0 Å². The summed E-state index contributed by atoms with van der Waals surface area (Å²) >= 11 is 0. The topological polar surface area (TPSA) is 20.2 Å². The molecule has 0 radical (unpaired) electrons. The van der Waals surface area contributed by atoms with Crippen LogP contribution >= 0.6 is 0 Å². The molecule has 0 heterocycles. The minimum Gasteiger partial charge on any atom is -0.392 e. The summed E-state index contributed by atoms with van der Waals surface area (Å²) in [6.07, 6.45) is 6.02. The van der Waals surface area contributed by atoms with Crippen molar-refractivity contribution in [3.8, 4) is 0 Å². The normalized spacial score (nSPS) is 10.6. The van der Waals surface area contributed by atoms with E-state index in [0.29, 0.717) is 0 Å². The van der Waals surface area contributed by atoms with Gasteiger partial charge in [-0.05, 0) is 36.0 Å². The van der Waals surface area contributed by atoms with E-state index in [1.165, 1.54) is 30.4 Å². The van der Waals surface area contributed by atoms with Crippen LogP contribution in [0, 0.1) is 0 Å². The van der Waals surface area contributed by atoms with Gasteiger partial charge in [-0.25, -0.2) is 0 Å². The van der Waals surface area contributed by atoms with E-state index in [9.17, 15) is 0 Å². The molecule has 0 saturated heterocycles. The molecule has 0 bridgehead atoms. The Morgan fingerprint density at radius 1 is 0.933 bits per heavy atom. The summed E-state index contributed by atoms with van der Waals surface area (Å²) in [6, 6.07) is 6.51. The first-order valence-electron chi connectivity index (χ1n) is 6.02. The third-order valence-electron chi connectivity index (χ3n) is 2.77. The first-order chi connectivity index (χ1) is 7.30. The highest BCUT2D eigenvalue weighted by molar-refractivity contribution is 5.30. The number of benzene rings is 1. The molecule has 0 aliphatic rings. The van der Waals surface area contributed by atoms with Gasteiger partial charge in [0.2, 0.25) is 0 Å². The minimum absolute atomic E-state index is 0.161. The monoisotopic (exact) mass is 206 g/mol. The fourth-order valence-electron chi connectivity index (χ4n) is 1.86. The predicted molar refractivity (Wildman–Crippen MR) is 65.0 cm³/mol. The van der Waals surface area contributed by atoms with Crippen LogP contribution in [0.15, 0.2) is 18.2 Å². The molecule has 1 aromatic carbocycles. The Morgan fingerprint density at radius 3 is 2.20 bits per heavy atom. The highest BCUT2D eigenvalue weighted by atomic mass is 16.3. The Bertz CT molecular complexity index is 269. The van der Waals surface area contributed by atoms with Gasteiger partial charge < -0.3 is 5.11 Å². The van der Waals surface area contributed by atoms with Crippen molar-refractivity contribution in [3.63, 3.8) is 0 Å². The summed E-state index contributed by atoms with van der Waals surface area (Å²) in [5, 5.41) is 9.15. The van der Waals surface area contributed by atoms with E-state index in [-0.39, 0.29) is 6.61 Å². The van der Waals surface area contributed by atoms with Crippen molar-refractivity contribution in [1.82, 2.24) is 0 Å². The van der Waals surface area contributed by atoms with Crippen molar-refractivity contribution < 1.29 is 5.11 Å². The highest BCUT2D eigenvalue weighted by Crippen LogP contribution is 2.14. The van der Waals surface area contributed by atoms with Crippen LogP contribution in [-0.4, -0.2) is 5.11 Å². The van der Waals surface area contributed by atoms with Crippen molar-refractivity contribution in [2.45, 2.75) is 52.6 Å². The molecule has 1 nitrogen and oxygen atoms in total. The van der Waals surface area contributed by atoms with E-state index in [0.717, 1.165) is 18.4 Å². The van der Waals surface area contributed by atoms with E-state index in [1.807, 2.05) is 0 Å². The molecule has 0 aromatic heterocycles. The molecular formula is C14H22O. The molecule has 0 fully saturated rings. The average molecular weight is 206 g/mol. The Labute approximate surface area is 93.1 Å². The smallest absolute Gasteiger partial charge is 0.0682 e. The van der Waals surface area contributed by atoms with Crippen molar-refractivity contribution >= 4 is 0 Å². The number of rotatable bonds is 6. The summed E-state index contributed by atoms with van der Waals surface area (Å²) in [4.78, 5) is 0. The molecule has 0 spiro atoms. The lowest BCUT2D eigenvalue weighted by atomic mass is 10.0. The van der Waals surface area contributed by atoms with Crippen LogP contribution in [0.4, 0.5) is 0 Å². The quantitative estimate of drug-likeness (QED) is 0.707. The zero-order valence-electron chi connectivity index (χ0n) is 9.92. The summed E-state index contributed by atoms with van der Waals surface area (Å²) < 4.78 is 0. The van der Waals surface area contributed by atoms with Crippen LogP contribution in [0.3, 0.4) is 0 Å². The third kappa shape index (κ3) is 4.05. The molecule has 0 aliphatic carbocycles. The van der Waals surface area contributed by atoms with Crippen LogP contribution in [-0.2, 0) is 19.4 Å². The molecule has 1 aromatic rings. The maximum atomic E-state index is 9.15. The molecular weight excluding hydrogens is 184 g/mol. The maximum Gasteiger partial charge on any atom is 0.0682 e. The molecule has 84 valence electrons.